The lowest BCUT2D eigenvalue weighted by atomic mass is 9.96. The molecule has 0 bridgehead atoms. The fourth-order valence-corrected chi connectivity index (χ4v) is 2.41. The van der Waals surface area contributed by atoms with Crippen LogP contribution in [-0.4, -0.2) is 32.8 Å². The first-order chi connectivity index (χ1) is 12.4. The molecule has 26 heavy (non-hydrogen) atoms. The SMILES string of the molecule is Nc1nc(N)nc(/C=C/c2ccc(CC3C(=O)NC(=O)NC3=O)cc2)n1. The molecule has 1 fully saturated rings. The van der Waals surface area contributed by atoms with Gasteiger partial charge in [0.15, 0.2) is 5.82 Å². The van der Waals surface area contributed by atoms with Crippen molar-refractivity contribution in [2.24, 2.45) is 5.92 Å². The number of carbonyl (C=O) groups is 3. The zero-order chi connectivity index (χ0) is 18.7. The van der Waals surface area contributed by atoms with Gasteiger partial charge in [0.2, 0.25) is 23.7 Å². The number of nitrogens with zero attached hydrogens (tertiary/aromatic N) is 3. The highest BCUT2D eigenvalue weighted by atomic mass is 16.2. The Morgan fingerprint density at radius 3 is 2.04 bits per heavy atom. The predicted molar refractivity (Wildman–Crippen MR) is 92.9 cm³/mol. The molecular weight excluding hydrogens is 338 g/mol. The fourth-order valence-electron chi connectivity index (χ4n) is 2.41. The number of barbiturate groups is 1. The minimum absolute atomic E-state index is 0.0371. The van der Waals surface area contributed by atoms with Crippen molar-refractivity contribution in [3.05, 3.63) is 41.2 Å². The van der Waals surface area contributed by atoms with E-state index in [2.05, 4.69) is 25.6 Å². The number of benzene rings is 1. The fraction of sp³-hybridized carbons (Fsp3) is 0.125. The summed E-state index contributed by atoms with van der Waals surface area (Å²) in [7, 11) is 0. The quantitative estimate of drug-likeness (QED) is 0.545. The zero-order valence-corrected chi connectivity index (χ0v) is 13.5. The summed E-state index contributed by atoms with van der Waals surface area (Å²) in [6, 6.07) is 6.39. The summed E-state index contributed by atoms with van der Waals surface area (Å²) < 4.78 is 0. The summed E-state index contributed by atoms with van der Waals surface area (Å²) in [5.74, 6) is -1.74. The third kappa shape index (κ3) is 3.98. The normalized spacial score (nSPS) is 15.2. The van der Waals surface area contributed by atoms with Crippen LogP contribution in [0.5, 0.6) is 0 Å². The van der Waals surface area contributed by atoms with Gasteiger partial charge in [0.25, 0.3) is 0 Å². The molecule has 10 heteroatoms. The van der Waals surface area contributed by atoms with Crippen LogP contribution >= 0.6 is 0 Å². The lowest BCUT2D eigenvalue weighted by Gasteiger charge is -2.20. The summed E-state index contributed by atoms with van der Waals surface area (Å²) >= 11 is 0. The molecule has 4 amide bonds. The Balaban J connectivity index is 1.68. The monoisotopic (exact) mass is 353 g/mol. The van der Waals surface area contributed by atoms with Gasteiger partial charge in [-0.15, -0.1) is 0 Å². The van der Waals surface area contributed by atoms with Gasteiger partial charge in [-0.3, -0.25) is 20.2 Å². The number of nitrogen functional groups attached to an aromatic ring is 2. The molecule has 1 aromatic carbocycles. The molecule has 2 heterocycles. The van der Waals surface area contributed by atoms with Gasteiger partial charge in [0.05, 0.1) is 0 Å². The van der Waals surface area contributed by atoms with E-state index in [0.29, 0.717) is 5.82 Å². The first kappa shape index (κ1) is 17.0. The van der Waals surface area contributed by atoms with Gasteiger partial charge in [-0.25, -0.2) is 4.79 Å². The molecule has 132 valence electrons. The molecule has 0 saturated carbocycles. The van der Waals surface area contributed by atoms with Crippen molar-refractivity contribution in [3.63, 3.8) is 0 Å². The Kier molecular flexibility index (Phi) is 4.56. The average molecular weight is 353 g/mol. The summed E-state index contributed by atoms with van der Waals surface area (Å²) in [4.78, 5) is 46.1. The van der Waals surface area contributed by atoms with Gasteiger partial charge in [-0.05, 0) is 23.6 Å². The Labute approximate surface area is 147 Å². The third-order valence-electron chi connectivity index (χ3n) is 3.64. The van der Waals surface area contributed by atoms with Gasteiger partial charge in [-0.2, -0.15) is 15.0 Å². The van der Waals surface area contributed by atoms with E-state index in [1.54, 1.807) is 24.3 Å². The molecule has 1 saturated heterocycles. The highest BCUT2D eigenvalue weighted by Crippen LogP contribution is 2.14. The van der Waals surface area contributed by atoms with E-state index in [-0.39, 0.29) is 18.3 Å². The van der Waals surface area contributed by atoms with Crippen LogP contribution in [0.15, 0.2) is 24.3 Å². The number of nitrogens with one attached hydrogen (secondary N) is 2. The number of nitrogens with two attached hydrogens (primary N) is 2. The number of imide groups is 2. The van der Waals surface area contributed by atoms with E-state index in [1.165, 1.54) is 0 Å². The maximum Gasteiger partial charge on any atom is 0.328 e. The van der Waals surface area contributed by atoms with Crippen molar-refractivity contribution in [2.45, 2.75) is 6.42 Å². The second-order valence-electron chi connectivity index (χ2n) is 5.55. The molecular formula is C16H15N7O3. The molecule has 0 radical (unpaired) electrons. The number of anilines is 2. The van der Waals surface area contributed by atoms with Crippen molar-refractivity contribution < 1.29 is 14.4 Å². The Morgan fingerprint density at radius 1 is 0.885 bits per heavy atom. The first-order valence-corrected chi connectivity index (χ1v) is 7.60. The summed E-state index contributed by atoms with van der Waals surface area (Å²) in [6.45, 7) is 0. The maximum atomic E-state index is 11.8. The first-order valence-electron chi connectivity index (χ1n) is 7.60. The van der Waals surface area contributed by atoms with E-state index < -0.39 is 23.8 Å². The highest BCUT2D eigenvalue weighted by Gasteiger charge is 2.33. The topological polar surface area (TPSA) is 166 Å². The summed E-state index contributed by atoms with van der Waals surface area (Å²) in [5, 5.41) is 4.16. The van der Waals surface area contributed by atoms with Gasteiger partial charge >= 0.3 is 6.03 Å². The van der Waals surface area contributed by atoms with Crippen LogP contribution < -0.4 is 22.1 Å². The van der Waals surface area contributed by atoms with Crippen LogP contribution in [0.4, 0.5) is 16.7 Å². The smallest absolute Gasteiger partial charge is 0.328 e. The van der Waals surface area contributed by atoms with Gasteiger partial charge in [-0.1, -0.05) is 30.3 Å². The molecule has 1 aliphatic rings. The van der Waals surface area contributed by atoms with E-state index in [4.69, 9.17) is 11.5 Å². The van der Waals surface area contributed by atoms with Crippen LogP contribution in [0.3, 0.4) is 0 Å². The van der Waals surface area contributed by atoms with Crippen LogP contribution in [0.2, 0.25) is 0 Å². The van der Waals surface area contributed by atoms with Gasteiger partial charge in [0.1, 0.15) is 5.92 Å². The molecule has 1 aromatic heterocycles. The number of hydrogen-bond acceptors (Lipinski definition) is 8. The van der Waals surface area contributed by atoms with Crippen molar-refractivity contribution >= 4 is 41.9 Å². The molecule has 10 nitrogen and oxygen atoms in total. The van der Waals surface area contributed by atoms with Crippen molar-refractivity contribution in [1.29, 1.82) is 0 Å². The van der Waals surface area contributed by atoms with E-state index in [0.717, 1.165) is 11.1 Å². The van der Waals surface area contributed by atoms with E-state index >= 15 is 0 Å². The Hall–Kier alpha value is -3.82. The minimum atomic E-state index is -0.940. The Bertz CT molecular complexity index is 868. The summed E-state index contributed by atoms with van der Waals surface area (Å²) in [5.41, 5.74) is 12.6. The van der Waals surface area contributed by atoms with Crippen molar-refractivity contribution in [1.82, 2.24) is 25.6 Å². The second-order valence-corrected chi connectivity index (χ2v) is 5.55. The minimum Gasteiger partial charge on any atom is -0.368 e. The average Bonchev–Trinajstić information content (AvgIpc) is 2.56. The molecule has 0 atom stereocenters. The number of rotatable bonds is 4. The van der Waals surface area contributed by atoms with Crippen molar-refractivity contribution in [2.75, 3.05) is 11.5 Å². The molecule has 1 aliphatic heterocycles. The van der Waals surface area contributed by atoms with Gasteiger partial charge < -0.3 is 11.5 Å². The van der Waals surface area contributed by atoms with E-state index in [9.17, 15) is 14.4 Å². The van der Waals surface area contributed by atoms with Crippen LogP contribution in [0.25, 0.3) is 12.2 Å². The number of carbonyl (C=O) groups excluding carboxylic acids is 3. The number of urea groups is 1. The highest BCUT2D eigenvalue weighted by molar-refractivity contribution is 6.16. The molecule has 3 rings (SSSR count). The van der Waals surface area contributed by atoms with Crippen molar-refractivity contribution in [3.8, 4) is 0 Å². The predicted octanol–water partition coefficient (Wildman–Crippen LogP) is -0.269. The second kappa shape index (κ2) is 6.97. The third-order valence-corrected chi connectivity index (χ3v) is 3.64. The molecule has 0 spiro atoms. The molecule has 0 aliphatic carbocycles. The molecule has 6 N–H and O–H groups in total. The van der Waals surface area contributed by atoms with Gasteiger partial charge in [0, 0.05) is 0 Å². The van der Waals surface area contributed by atoms with Crippen LogP contribution in [-0.2, 0) is 16.0 Å². The van der Waals surface area contributed by atoms with Crippen LogP contribution in [0, 0.1) is 5.92 Å². The number of aromatic nitrogens is 3. The zero-order valence-electron chi connectivity index (χ0n) is 13.5. The van der Waals surface area contributed by atoms with E-state index in [1.807, 2.05) is 12.1 Å². The molecule has 0 unspecified atom stereocenters. The largest absolute Gasteiger partial charge is 0.368 e. The Morgan fingerprint density at radius 2 is 1.46 bits per heavy atom. The summed E-state index contributed by atoms with van der Waals surface area (Å²) in [6.07, 6.45) is 3.59. The number of hydrogen-bond donors (Lipinski definition) is 4. The number of amides is 4. The lowest BCUT2D eigenvalue weighted by molar-refractivity contribution is -0.135. The van der Waals surface area contributed by atoms with Crippen LogP contribution in [0.1, 0.15) is 17.0 Å². The maximum absolute atomic E-state index is 11.8. The standard InChI is InChI=1S/C16H15N7O3/c17-14-19-11(20-15(18)23-14)6-5-8-1-3-9(4-2-8)7-10-12(24)21-16(26)22-13(10)25/h1-6,10H,7H2,(H4,17,18,19,20,23)(H2,21,22,24,25,26)/b6-5+. The molecule has 2 aromatic rings. The lowest BCUT2D eigenvalue weighted by Crippen LogP contribution is -2.56.